The predicted molar refractivity (Wildman–Crippen MR) is 143 cm³/mol. The molecular weight excluding hydrogens is 513 g/mol. The van der Waals surface area contributed by atoms with E-state index in [0.717, 1.165) is 64.4 Å². The monoisotopic (exact) mass is 555 g/mol. The summed E-state index contributed by atoms with van der Waals surface area (Å²) in [4.78, 5) is 21.7. The van der Waals surface area contributed by atoms with Crippen molar-refractivity contribution in [3.8, 4) is 0 Å². The fourth-order valence-electron chi connectivity index (χ4n) is 4.90. The van der Waals surface area contributed by atoms with Gasteiger partial charge < -0.3 is 15.5 Å². The molecule has 32 heavy (non-hydrogen) atoms. The molecule has 1 atom stereocenters. The second kappa shape index (κ2) is 14.0. The molecule has 0 aliphatic carbocycles. The molecule has 0 bridgehead atoms. The number of rotatable bonds is 8. The molecule has 2 saturated heterocycles. The van der Waals surface area contributed by atoms with Gasteiger partial charge in [0, 0.05) is 51.2 Å². The fraction of sp³-hybridized carbons (Fsp3) is 0.680. The van der Waals surface area contributed by atoms with Crippen molar-refractivity contribution in [3.05, 3.63) is 35.9 Å². The summed E-state index contributed by atoms with van der Waals surface area (Å²) in [5, 5.41) is 7.15. The molecule has 2 aliphatic rings. The van der Waals surface area contributed by atoms with Crippen molar-refractivity contribution in [1.29, 1.82) is 0 Å². The molecule has 0 spiro atoms. The first kappa shape index (κ1) is 26.9. The highest BCUT2D eigenvalue weighted by Gasteiger charge is 2.28. The second-order valence-corrected chi connectivity index (χ2v) is 8.96. The summed E-state index contributed by atoms with van der Waals surface area (Å²) in [6.07, 6.45) is 6.33. The van der Waals surface area contributed by atoms with Gasteiger partial charge in [-0.1, -0.05) is 44.2 Å². The highest BCUT2D eigenvalue weighted by molar-refractivity contribution is 14.0. The summed E-state index contributed by atoms with van der Waals surface area (Å²) in [6, 6.07) is 11.7. The van der Waals surface area contributed by atoms with E-state index in [4.69, 9.17) is 0 Å². The number of nitrogens with one attached hydrogen (secondary N) is 2. The smallest absolute Gasteiger partial charge is 0.225 e. The van der Waals surface area contributed by atoms with E-state index in [9.17, 15) is 4.79 Å². The van der Waals surface area contributed by atoms with Crippen molar-refractivity contribution in [2.24, 2.45) is 10.9 Å². The van der Waals surface area contributed by atoms with E-state index in [1.54, 1.807) is 0 Å². The first-order valence-corrected chi connectivity index (χ1v) is 12.2. The lowest BCUT2D eigenvalue weighted by Crippen LogP contribution is -2.52. The number of nitrogens with zero attached hydrogens (tertiary/aromatic N) is 3. The molecule has 1 unspecified atom stereocenters. The van der Waals surface area contributed by atoms with Gasteiger partial charge in [0.15, 0.2) is 5.96 Å². The van der Waals surface area contributed by atoms with E-state index in [2.05, 4.69) is 69.6 Å². The van der Waals surface area contributed by atoms with Gasteiger partial charge in [-0.05, 0) is 50.6 Å². The lowest BCUT2D eigenvalue weighted by molar-refractivity contribution is -0.136. The Morgan fingerprint density at radius 2 is 1.78 bits per heavy atom. The Labute approximate surface area is 211 Å². The van der Waals surface area contributed by atoms with Crippen LogP contribution in [0.2, 0.25) is 0 Å². The van der Waals surface area contributed by atoms with Gasteiger partial charge in [0.1, 0.15) is 0 Å². The molecule has 7 heteroatoms. The van der Waals surface area contributed by atoms with Crippen molar-refractivity contribution in [2.45, 2.75) is 71.0 Å². The van der Waals surface area contributed by atoms with Crippen LogP contribution in [0.4, 0.5) is 0 Å². The van der Waals surface area contributed by atoms with Crippen molar-refractivity contribution >= 4 is 35.8 Å². The highest BCUT2D eigenvalue weighted by Crippen LogP contribution is 2.20. The van der Waals surface area contributed by atoms with Crippen LogP contribution in [0.3, 0.4) is 0 Å². The molecule has 2 heterocycles. The molecule has 0 saturated carbocycles. The molecule has 0 aromatic heterocycles. The lowest BCUT2D eigenvalue weighted by atomic mass is 9.98. The van der Waals surface area contributed by atoms with Gasteiger partial charge >= 0.3 is 0 Å². The zero-order chi connectivity index (χ0) is 22.1. The van der Waals surface area contributed by atoms with Crippen LogP contribution in [0.5, 0.6) is 0 Å². The van der Waals surface area contributed by atoms with Crippen molar-refractivity contribution in [2.75, 3.05) is 33.2 Å². The van der Waals surface area contributed by atoms with E-state index < -0.39 is 0 Å². The number of carbonyl (C=O) groups excluding carboxylic acids is 1. The number of hydrogen-bond donors (Lipinski definition) is 2. The molecule has 3 rings (SSSR count). The molecule has 2 N–H and O–H groups in total. The van der Waals surface area contributed by atoms with Gasteiger partial charge in [-0.3, -0.25) is 14.7 Å². The van der Waals surface area contributed by atoms with Crippen molar-refractivity contribution in [1.82, 2.24) is 20.4 Å². The molecule has 2 aliphatic heterocycles. The summed E-state index contributed by atoms with van der Waals surface area (Å²) >= 11 is 0. The molecule has 2 fully saturated rings. The minimum atomic E-state index is 0. The fourth-order valence-corrected chi connectivity index (χ4v) is 4.90. The summed E-state index contributed by atoms with van der Waals surface area (Å²) in [5.74, 6) is 1.41. The SMILES string of the molecule is CCC(CC)C(=O)N1CCC(NC(=NC)NCC2CCCN2Cc2ccccc2)CC1.I. The van der Waals surface area contributed by atoms with Crippen LogP contribution < -0.4 is 10.6 Å². The molecule has 6 nitrogen and oxygen atoms in total. The van der Waals surface area contributed by atoms with Gasteiger partial charge in [-0.25, -0.2) is 0 Å². The first-order valence-electron chi connectivity index (χ1n) is 12.2. The summed E-state index contributed by atoms with van der Waals surface area (Å²) in [6.45, 7) is 9.01. The Balaban J connectivity index is 0.00000363. The van der Waals surface area contributed by atoms with Crippen LogP contribution >= 0.6 is 24.0 Å². The molecule has 180 valence electrons. The number of likely N-dealkylation sites (tertiary alicyclic amines) is 2. The maximum absolute atomic E-state index is 12.6. The van der Waals surface area contributed by atoms with Crippen LogP contribution in [-0.2, 0) is 11.3 Å². The van der Waals surface area contributed by atoms with Crippen molar-refractivity contribution in [3.63, 3.8) is 0 Å². The maximum Gasteiger partial charge on any atom is 0.225 e. The number of piperidine rings is 1. The Morgan fingerprint density at radius 3 is 2.41 bits per heavy atom. The van der Waals surface area contributed by atoms with Gasteiger partial charge in [0.25, 0.3) is 0 Å². The first-order chi connectivity index (χ1) is 15.1. The molecule has 1 aromatic rings. The molecule has 1 amide bonds. The van der Waals surface area contributed by atoms with Crippen LogP contribution in [0.25, 0.3) is 0 Å². The molecular formula is C25H42IN5O. The number of guanidine groups is 1. The largest absolute Gasteiger partial charge is 0.355 e. The molecule has 0 radical (unpaired) electrons. The topological polar surface area (TPSA) is 60.0 Å². The van der Waals surface area contributed by atoms with Gasteiger partial charge in [-0.15, -0.1) is 24.0 Å². The summed E-state index contributed by atoms with van der Waals surface area (Å²) in [7, 11) is 1.84. The maximum atomic E-state index is 12.6. The Bertz CT molecular complexity index is 702. The number of aliphatic imine (C=N–C) groups is 1. The third-order valence-electron chi connectivity index (χ3n) is 6.94. The van der Waals surface area contributed by atoms with E-state index >= 15 is 0 Å². The van der Waals surface area contributed by atoms with Crippen LogP contribution in [0.15, 0.2) is 35.3 Å². The van der Waals surface area contributed by atoms with E-state index in [0.29, 0.717) is 18.0 Å². The number of amides is 1. The summed E-state index contributed by atoms with van der Waals surface area (Å²) in [5.41, 5.74) is 1.38. The third kappa shape index (κ3) is 7.61. The third-order valence-corrected chi connectivity index (χ3v) is 6.94. The zero-order valence-electron chi connectivity index (χ0n) is 20.1. The predicted octanol–water partition coefficient (Wildman–Crippen LogP) is 3.86. The zero-order valence-corrected chi connectivity index (χ0v) is 22.4. The van der Waals surface area contributed by atoms with Crippen LogP contribution in [0.1, 0.15) is 57.9 Å². The van der Waals surface area contributed by atoms with E-state index in [1.807, 2.05) is 7.05 Å². The molecule has 1 aromatic carbocycles. The van der Waals surface area contributed by atoms with Gasteiger partial charge in [0.2, 0.25) is 5.91 Å². The van der Waals surface area contributed by atoms with E-state index in [1.165, 1.54) is 18.4 Å². The van der Waals surface area contributed by atoms with Crippen LogP contribution in [-0.4, -0.2) is 67.0 Å². The van der Waals surface area contributed by atoms with Gasteiger partial charge in [0.05, 0.1) is 0 Å². The lowest BCUT2D eigenvalue weighted by Gasteiger charge is -2.35. The normalized spacial score (nSPS) is 20.3. The number of hydrogen-bond acceptors (Lipinski definition) is 3. The second-order valence-electron chi connectivity index (χ2n) is 8.96. The minimum Gasteiger partial charge on any atom is -0.355 e. The number of benzene rings is 1. The summed E-state index contributed by atoms with van der Waals surface area (Å²) < 4.78 is 0. The quantitative estimate of drug-likeness (QED) is 0.291. The number of halogens is 1. The van der Waals surface area contributed by atoms with Crippen LogP contribution in [0, 0.1) is 5.92 Å². The Hall–Kier alpha value is -1.35. The van der Waals surface area contributed by atoms with Gasteiger partial charge in [-0.2, -0.15) is 0 Å². The van der Waals surface area contributed by atoms with Crippen molar-refractivity contribution < 1.29 is 4.79 Å². The average Bonchev–Trinajstić information content (AvgIpc) is 3.25. The highest BCUT2D eigenvalue weighted by atomic mass is 127. The Kier molecular flexibility index (Phi) is 11.8. The number of carbonyl (C=O) groups is 1. The standard InChI is InChI=1S/C25H41N5O.HI/c1-4-21(5-2)24(31)29-16-13-22(14-17-29)28-25(26-3)27-18-23-12-9-15-30(23)19-20-10-7-6-8-11-20;/h6-8,10-11,21-23H,4-5,9,12-19H2,1-3H3,(H2,26,27,28);1H. The minimum absolute atomic E-state index is 0. The Morgan fingerprint density at radius 1 is 1.09 bits per heavy atom. The average molecular weight is 556 g/mol. The van der Waals surface area contributed by atoms with E-state index in [-0.39, 0.29) is 29.9 Å².